The fraction of sp³-hybridized carbons (Fsp3) is 0.500. The van der Waals surface area contributed by atoms with E-state index in [1.807, 2.05) is 6.07 Å². The molecule has 180 valence electrons. The standard InChI is InChI=1S/C30H38FN3/c1-3-34-30(20-28(32-34)18-23-8-5-4-6-9-23)24-12-14-33(15-13-24)21-26-16-22(2)17-29(26)25-10-7-11-27(31)19-25/h4-11,19-20,22,24,26,29H,3,12-18,21H2,1-2H3. The first-order chi connectivity index (χ1) is 16.6. The van der Waals surface area contributed by atoms with Crippen molar-refractivity contribution >= 4 is 0 Å². The number of rotatable bonds is 7. The molecule has 4 heteroatoms. The molecule has 0 radical (unpaired) electrons. The Morgan fingerprint density at radius 3 is 2.50 bits per heavy atom. The molecule has 2 aliphatic rings. The van der Waals surface area contributed by atoms with Crippen molar-refractivity contribution in [2.24, 2.45) is 11.8 Å². The van der Waals surface area contributed by atoms with E-state index in [1.165, 1.54) is 48.2 Å². The van der Waals surface area contributed by atoms with Crippen molar-refractivity contribution in [3.63, 3.8) is 0 Å². The molecule has 2 fully saturated rings. The van der Waals surface area contributed by atoms with Crippen LogP contribution in [0.1, 0.15) is 73.9 Å². The van der Waals surface area contributed by atoms with E-state index in [-0.39, 0.29) is 5.82 Å². The molecular formula is C30H38FN3. The van der Waals surface area contributed by atoms with E-state index in [1.54, 1.807) is 12.1 Å². The number of benzene rings is 2. The van der Waals surface area contributed by atoms with E-state index in [0.717, 1.165) is 38.5 Å². The maximum Gasteiger partial charge on any atom is 0.123 e. The van der Waals surface area contributed by atoms with E-state index in [4.69, 9.17) is 5.10 Å². The highest BCUT2D eigenvalue weighted by molar-refractivity contribution is 5.25. The number of nitrogens with zero attached hydrogens (tertiary/aromatic N) is 3. The molecule has 3 nitrogen and oxygen atoms in total. The Hall–Kier alpha value is -2.46. The lowest BCUT2D eigenvalue weighted by Crippen LogP contribution is -2.37. The molecule has 0 bridgehead atoms. The summed E-state index contributed by atoms with van der Waals surface area (Å²) in [6, 6.07) is 20.3. The van der Waals surface area contributed by atoms with Crippen LogP contribution in [-0.2, 0) is 13.0 Å². The second kappa shape index (κ2) is 10.4. The number of hydrogen-bond acceptors (Lipinski definition) is 2. The molecule has 0 spiro atoms. The van der Waals surface area contributed by atoms with Crippen molar-refractivity contribution in [3.8, 4) is 0 Å². The van der Waals surface area contributed by atoms with Gasteiger partial charge in [0.2, 0.25) is 0 Å². The Bertz CT molecular complexity index is 1070. The van der Waals surface area contributed by atoms with Gasteiger partial charge in [0.1, 0.15) is 5.82 Å². The van der Waals surface area contributed by atoms with Crippen molar-refractivity contribution in [2.45, 2.75) is 64.3 Å². The predicted molar refractivity (Wildman–Crippen MR) is 137 cm³/mol. The summed E-state index contributed by atoms with van der Waals surface area (Å²) in [4.78, 5) is 2.67. The molecule has 3 unspecified atom stereocenters. The largest absolute Gasteiger partial charge is 0.303 e. The Kier molecular flexibility index (Phi) is 7.15. The van der Waals surface area contributed by atoms with Crippen LogP contribution in [0.25, 0.3) is 0 Å². The third kappa shape index (κ3) is 5.27. The zero-order chi connectivity index (χ0) is 23.5. The van der Waals surface area contributed by atoms with Crippen molar-refractivity contribution in [1.29, 1.82) is 0 Å². The second-order valence-corrected chi connectivity index (χ2v) is 10.6. The smallest absolute Gasteiger partial charge is 0.123 e. The van der Waals surface area contributed by atoms with Gasteiger partial charge in [-0.05, 0) is 92.8 Å². The SMILES string of the molecule is CCn1nc(Cc2ccccc2)cc1C1CCN(CC2CC(C)CC2c2cccc(F)c2)CC1. The van der Waals surface area contributed by atoms with E-state index >= 15 is 0 Å². The molecule has 34 heavy (non-hydrogen) atoms. The molecule has 0 amide bonds. The third-order valence-corrected chi connectivity index (χ3v) is 8.10. The maximum atomic E-state index is 13.9. The second-order valence-electron chi connectivity index (χ2n) is 10.6. The lowest BCUT2D eigenvalue weighted by Gasteiger charge is -2.35. The average molecular weight is 460 g/mol. The van der Waals surface area contributed by atoms with Gasteiger partial charge in [0.05, 0.1) is 5.69 Å². The summed E-state index contributed by atoms with van der Waals surface area (Å²) in [7, 11) is 0. The predicted octanol–water partition coefficient (Wildman–Crippen LogP) is 6.64. The fourth-order valence-electron chi connectivity index (χ4n) is 6.45. The van der Waals surface area contributed by atoms with Gasteiger partial charge in [0.15, 0.2) is 0 Å². The lowest BCUT2D eigenvalue weighted by atomic mass is 9.87. The van der Waals surface area contributed by atoms with Crippen LogP contribution < -0.4 is 0 Å². The zero-order valence-corrected chi connectivity index (χ0v) is 20.7. The molecule has 1 aliphatic carbocycles. The van der Waals surface area contributed by atoms with Crippen LogP contribution >= 0.6 is 0 Å². The summed E-state index contributed by atoms with van der Waals surface area (Å²) in [5.74, 6) is 2.33. The third-order valence-electron chi connectivity index (χ3n) is 8.10. The quantitative estimate of drug-likeness (QED) is 0.395. The summed E-state index contributed by atoms with van der Waals surface area (Å²) in [5.41, 5.74) is 5.12. The number of halogens is 1. The van der Waals surface area contributed by atoms with Crippen molar-refractivity contribution in [2.75, 3.05) is 19.6 Å². The minimum Gasteiger partial charge on any atom is -0.303 e. The van der Waals surface area contributed by atoms with E-state index in [0.29, 0.717) is 17.8 Å². The zero-order valence-electron chi connectivity index (χ0n) is 20.7. The van der Waals surface area contributed by atoms with Crippen molar-refractivity contribution in [1.82, 2.24) is 14.7 Å². The molecule has 1 saturated heterocycles. The Labute approximate surface area is 204 Å². The van der Waals surface area contributed by atoms with Crippen molar-refractivity contribution < 1.29 is 4.39 Å². The summed E-state index contributed by atoms with van der Waals surface area (Å²) in [6.07, 6.45) is 5.74. The van der Waals surface area contributed by atoms with Gasteiger partial charge < -0.3 is 4.90 Å². The molecule has 0 N–H and O–H groups in total. The first kappa shape index (κ1) is 23.3. The number of piperidine rings is 1. The molecule has 1 aliphatic heterocycles. The monoisotopic (exact) mass is 459 g/mol. The van der Waals surface area contributed by atoms with Gasteiger partial charge in [-0.3, -0.25) is 4.68 Å². The summed E-state index contributed by atoms with van der Waals surface area (Å²) in [6.45, 7) is 8.93. The van der Waals surface area contributed by atoms with Gasteiger partial charge in [-0.15, -0.1) is 0 Å². The first-order valence-corrected chi connectivity index (χ1v) is 13.2. The summed E-state index contributed by atoms with van der Waals surface area (Å²) < 4.78 is 16.1. The van der Waals surface area contributed by atoms with Crippen LogP contribution in [0.15, 0.2) is 60.7 Å². The topological polar surface area (TPSA) is 21.1 Å². The summed E-state index contributed by atoms with van der Waals surface area (Å²) >= 11 is 0. The number of aromatic nitrogens is 2. The highest BCUT2D eigenvalue weighted by Gasteiger charge is 2.35. The Balaban J connectivity index is 1.21. The Morgan fingerprint density at radius 1 is 0.971 bits per heavy atom. The van der Waals surface area contributed by atoms with Gasteiger partial charge in [-0.1, -0.05) is 49.4 Å². The van der Waals surface area contributed by atoms with Gasteiger partial charge >= 0.3 is 0 Å². The average Bonchev–Trinajstić information content (AvgIpc) is 3.43. The van der Waals surface area contributed by atoms with Crippen molar-refractivity contribution in [3.05, 3.63) is 89.0 Å². The lowest BCUT2D eigenvalue weighted by molar-refractivity contribution is 0.174. The molecule has 1 aromatic heterocycles. The molecule has 1 saturated carbocycles. The number of aryl methyl sites for hydroxylation is 1. The minimum absolute atomic E-state index is 0.101. The van der Waals surface area contributed by atoms with Crippen LogP contribution in [0.4, 0.5) is 4.39 Å². The molecule has 5 rings (SSSR count). The molecule has 2 heterocycles. The van der Waals surface area contributed by atoms with Crippen LogP contribution in [0, 0.1) is 17.7 Å². The summed E-state index contributed by atoms with van der Waals surface area (Å²) in [5, 5.41) is 4.93. The highest BCUT2D eigenvalue weighted by Crippen LogP contribution is 2.44. The van der Waals surface area contributed by atoms with Gasteiger partial charge in [-0.25, -0.2) is 4.39 Å². The number of likely N-dealkylation sites (tertiary alicyclic amines) is 1. The fourth-order valence-corrected chi connectivity index (χ4v) is 6.45. The highest BCUT2D eigenvalue weighted by atomic mass is 19.1. The normalized spacial score (nSPS) is 24.0. The number of hydrogen-bond donors (Lipinski definition) is 0. The van der Waals surface area contributed by atoms with Crippen LogP contribution in [0.3, 0.4) is 0 Å². The molecule has 3 aromatic rings. The van der Waals surface area contributed by atoms with Crippen LogP contribution in [-0.4, -0.2) is 34.3 Å². The minimum atomic E-state index is -0.101. The van der Waals surface area contributed by atoms with Gasteiger partial charge in [-0.2, -0.15) is 5.10 Å². The van der Waals surface area contributed by atoms with Gasteiger partial charge in [0, 0.05) is 31.1 Å². The van der Waals surface area contributed by atoms with E-state index in [2.05, 4.69) is 65.9 Å². The Morgan fingerprint density at radius 2 is 1.76 bits per heavy atom. The van der Waals surface area contributed by atoms with E-state index < -0.39 is 0 Å². The molecule has 2 aromatic carbocycles. The van der Waals surface area contributed by atoms with Crippen LogP contribution in [0.5, 0.6) is 0 Å². The molecular weight excluding hydrogens is 421 g/mol. The molecule has 3 atom stereocenters. The van der Waals surface area contributed by atoms with Gasteiger partial charge in [0.25, 0.3) is 0 Å². The van der Waals surface area contributed by atoms with E-state index in [9.17, 15) is 4.39 Å². The first-order valence-electron chi connectivity index (χ1n) is 13.2. The van der Waals surface area contributed by atoms with Crippen LogP contribution in [0.2, 0.25) is 0 Å². The maximum absolute atomic E-state index is 13.9.